The molecule has 7 nitrogen and oxygen atoms in total. The first-order valence-electron chi connectivity index (χ1n) is 9.08. The lowest BCUT2D eigenvalue weighted by molar-refractivity contribution is -0.125. The van der Waals surface area contributed by atoms with Gasteiger partial charge in [-0.1, -0.05) is 0 Å². The molecule has 1 unspecified atom stereocenters. The molecule has 1 saturated heterocycles. The van der Waals surface area contributed by atoms with E-state index in [1.54, 1.807) is 11.8 Å². The van der Waals surface area contributed by atoms with E-state index in [0.29, 0.717) is 0 Å². The Morgan fingerprint density at radius 3 is 2.90 bits per heavy atom. The first-order chi connectivity index (χ1) is 13.7. The second-order valence-electron chi connectivity index (χ2n) is 7.03. The molecular formula is C19H21F3N4O3. The number of piperidine rings is 1. The summed E-state index contributed by atoms with van der Waals surface area (Å²) in [6, 6.07) is 3.00. The van der Waals surface area contributed by atoms with Crippen LogP contribution in [0.5, 0.6) is 0 Å². The van der Waals surface area contributed by atoms with Gasteiger partial charge in [-0.25, -0.2) is 18.2 Å². The van der Waals surface area contributed by atoms with E-state index < -0.39 is 48.2 Å². The normalized spacial score (nSPS) is 20.2. The number of anilines is 1. The molecule has 3 rings (SSSR count). The molecule has 2 atom stereocenters. The lowest BCUT2D eigenvalue weighted by Crippen LogP contribution is -2.52. The van der Waals surface area contributed by atoms with E-state index in [1.165, 1.54) is 18.3 Å². The summed E-state index contributed by atoms with van der Waals surface area (Å²) < 4.78 is 42.1. The van der Waals surface area contributed by atoms with Crippen molar-refractivity contribution in [1.29, 1.82) is 0 Å². The van der Waals surface area contributed by atoms with Crippen molar-refractivity contribution in [2.24, 2.45) is 0 Å². The van der Waals surface area contributed by atoms with E-state index in [0.717, 1.165) is 12.3 Å². The zero-order valence-electron chi connectivity index (χ0n) is 15.7. The van der Waals surface area contributed by atoms with Crippen LogP contribution >= 0.6 is 0 Å². The van der Waals surface area contributed by atoms with E-state index in [9.17, 15) is 27.9 Å². The van der Waals surface area contributed by atoms with Gasteiger partial charge in [0.1, 0.15) is 11.6 Å². The van der Waals surface area contributed by atoms with Gasteiger partial charge < -0.3 is 15.4 Å². The first kappa shape index (κ1) is 21.0. The average molecular weight is 410 g/mol. The lowest BCUT2D eigenvalue weighted by Gasteiger charge is -2.40. The quantitative estimate of drug-likeness (QED) is 0.699. The number of carbonyl (C=O) groups excluding carboxylic acids is 1. The number of hydrogen-bond donors (Lipinski definition) is 3. The summed E-state index contributed by atoms with van der Waals surface area (Å²) in [6.45, 7) is 0.917. The maximum atomic E-state index is 14.6. The summed E-state index contributed by atoms with van der Waals surface area (Å²) in [5, 5.41) is 11.8. The lowest BCUT2D eigenvalue weighted by atomic mass is 9.86. The Morgan fingerprint density at radius 1 is 1.48 bits per heavy atom. The molecule has 1 aliphatic heterocycles. The number of H-pyrrole nitrogens is 1. The zero-order chi connectivity index (χ0) is 21.2. The Labute approximate surface area is 164 Å². The minimum absolute atomic E-state index is 0.00333. The van der Waals surface area contributed by atoms with Crippen LogP contribution in [0.1, 0.15) is 30.4 Å². The third-order valence-electron chi connectivity index (χ3n) is 5.14. The highest BCUT2D eigenvalue weighted by Gasteiger charge is 2.46. The fraction of sp³-hybridized carbons (Fsp3) is 0.421. The summed E-state index contributed by atoms with van der Waals surface area (Å²) in [5.74, 6) is -5.12. The highest BCUT2D eigenvalue weighted by atomic mass is 19.3. The molecule has 1 fully saturated rings. The van der Waals surface area contributed by atoms with E-state index in [2.05, 4.69) is 15.3 Å². The summed E-state index contributed by atoms with van der Waals surface area (Å²) >= 11 is 0. The summed E-state index contributed by atoms with van der Waals surface area (Å²) in [5.41, 5.74) is -0.341. The number of nitrogens with zero attached hydrogens (tertiary/aromatic N) is 2. The predicted octanol–water partition coefficient (Wildman–Crippen LogP) is 1.85. The summed E-state index contributed by atoms with van der Waals surface area (Å²) in [6.07, 6.45) is 1.72. The molecular weight excluding hydrogens is 389 g/mol. The van der Waals surface area contributed by atoms with Gasteiger partial charge in [0.25, 0.3) is 11.5 Å². The van der Waals surface area contributed by atoms with Crippen LogP contribution in [0.4, 0.5) is 19.0 Å². The minimum atomic E-state index is -3.03. The van der Waals surface area contributed by atoms with Crippen LogP contribution in [-0.4, -0.2) is 50.9 Å². The van der Waals surface area contributed by atoms with Gasteiger partial charge in [-0.2, -0.15) is 0 Å². The molecule has 0 aliphatic carbocycles. The van der Waals surface area contributed by atoms with Crippen molar-refractivity contribution >= 4 is 11.7 Å². The zero-order valence-corrected chi connectivity index (χ0v) is 15.7. The molecule has 10 heteroatoms. The monoisotopic (exact) mass is 410 g/mol. The predicted molar refractivity (Wildman–Crippen MR) is 99.2 cm³/mol. The number of aromatic amines is 1. The third kappa shape index (κ3) is 4.65. The number of aliphatic hydroxyl groups is 1. The molecule has 1 amide bonds. The standard InChI is InChI=1S/C19H21F3N4O3/c1-11(17(28)25-16-3-2-14(20)8-23-16)26-5-4-19(21,22)15(9-26)12-6-13(10-27)18(29)24-7-12/h2-3,6-8,11,15,27H,4-5,9-10H2,1H3,(H,24,29)(H,23,25,28)/t11?,15-/m1/s1. The number of amides is 1. The van der Waals surface area contributed by atoms with Gasteiger partial charge in [-0.15, -0.1) is 0 Å². The third-order valence-corrected chi connectivity index (χ3v) is 5.14. The van der Waals surface area contributed by atoms with Crippen molar-refractivity contribution in [1.82, 2.24) is 14.9 Å². The Balaban J connectivity index is 1.76. The number of aromatic nitrogens is 2. The first-order valence-corrected chi connectivity index (χ1v) is 9.08. The molecule has 3 N–H and O–H groups in total. The van der Waals surface area contributed by atoms with Crippen molar-refractivity contribution in [2.45, 2.75) is 37.8 Å². The molecule has 0 bridgehead atoms. The number of halogens is 3. The maximum Gasteiger partial charge on any atom is 0.257 e. The SMILES string of the molecule is CC(C(=O)Nc1ccc(F)cn1)N1CCC(F)(F)[C@@H](c2c[nH]c(=O)c(CO)c2)C1. The molecule has 0 radical (unpaired) electrons. The Kier molecular flexibility index (Phi) is 6.04. The van der Waals surface area contributed by atoms with Crippen LogP contribution in [0, 0.1) is 5.82 Å². The van der Waals surface area contributed by atoms with Gasteiger partial charge in [0.05, 0.1) is 24.8 Å². The molecule has 1 aliphatic rings. The number of carbonyl (C=O) groups is 1. The van der Waals surface area contributed by atoms with E-state index in [-0.39, 0.29) is 30.0 Å². The molecule has 0 spiro atoms. The van der Waals surface area contributed by atoms with Crippen molar-refractivity contribution in [2.75, 3.05) is 18.4 Å². The minimum Gasteiger partial charge on any atom is -0.391 e. The van der Waals surface area contributed by atoms with Crippen molar-refractivity contribution in [3.8, 4) is 0 Å². The van der Waals surface area contributed by atoms with Gasteiger partial charge in [-0.05, 0) is 30.7 Å². The number of alkyl halides is 2. The second kappa shape index (κ2) is 8.34. The topological polar surface area (TPSA) is 98.3 Å². The van der Waals surface area contributed by atoms with Crippen molar-refractivity contribution in [3.63, 3.8) is 0 Å². The highest BCUT2D eigenvalue weighted by molar-refractivity contribution is 5.93. The van der Waals surface area contributed by atoms with Crippen LogP contribution in [0.3, 0.4) is 0 Å². The summed E-state index contributed by atoms with van der Waals surface area (Å²) in [4.78, 5) is 31.8. The van der Waals surface area contributed by atoms with Gasteiger partial charge in [0.2, 0.25) is 5.91 Å². The maximum absolute atomic E-state index is 14.6. The summed E-state index contributed by atoms with van der Waals surface area (Å²) in [7, 11) is 0. The number of rotatable bonds is 5. The Morgan fingerprint density at radius 2 is 2.24 bits per heavy atom. The van der Waals surface area contributed by atoms with Crippen LogP contribution in [0.15, 0.2) is 35.4 Å². The van der Waals surface area contributed by atoms with E-state index >= 15 is 0 Å². The highest BCUT2D eigenvalue weighted by Crippen LogP contribution is 2.40. The second-order valence-corrected chi connectivity index (χ2v) is 7.03. The largest absolute Gasteiger partial charge is 0.391 e. The van der Waals surface area contributed by atoms with Crippen LogP contribution in [-0.2, 0) is 11.4 Å². The van der Waals surface area contributed by atoms with Gasteiger partial charge in [0.15, 0.2) is 0 Å². The molecule has 2 aromatic heterocycles. The molecule has 0 aromatic carbocycles. The van der Waals surface area contributed by atoms with Crippen LogP contribution < -0.4 is 10.9 Å². The molecule has 2 aromatic rings. The number of pyridine rings is 2. The molecule has 0 saturated carbocycles. The Hall–Kier alpha value is -2.72. The fourth-order valence-electron chi connectivity index (χ4n) is 3.34. The van der Waals surface area contributed by atoms with Gasteiger partial charge in [-0.3, -0.25) is 14.5 Å². The number of aliphatic hydroxyl groups excluding tert-OH is 1. The van der Waals surface area contributed by atoms with Crippen LogP contribution in [0.25, 0.3) is 0 Å². The average Bonchev–Trinajstić information content (AvgIpc) is 2.69. The van der Waals surface area contributed by atoms with Crippen molar-refractivity contribution in [3.05, 3.63) is 57.9 Å². The Bertz CT molecular complexity index is 933. The molecule has 29 heavy (non-hydrogen) atoms. The van der Waals surface area contributed by atoms with E-state index in [4.69, 9.17) is 0 Å². The smallest absolute Gasteiger partial charge is 0.257 e. The number of likely N-dealkylation sites (tertiary alicyclic amines) is 1. The molecule has 3 heterocycles. The van der Waals surface area contributed by atoms with Gasteiger partial charge in [0, 0.05) is 31.3 Å². The number of nitrogens with one attached hydrogen (secondary N) is 2. The van der Waals surface area contributed by atoms with Crippen LogP contribution in [0.2, 0.25) is 0 Å². The van der Waals surface area contributed by atoms with E-state index in [1.807, 2.05) is 0 Å². The van der Waals surface area contributed by atoms with Gasteiger partial charge >= 0.3 is 0 Å². The van der Waals surface area contributed by atoms with Crippen molar-refractivity contribution < 1.29 is 23.1 Å². The fourth-order valence-corrected chi connectivity index (χ4v) is 3.34. The molecule has 156 valence electrons. The number of hydrogen-bond acceptors (Lipinski definition) is 5.